The minimum atomic E-state index is -1.82. The normalized spacial score (nSPS) is 31.0. The molecule has 8 N–H and O–H groups in total. The topological polar surface area (TPSA) is 356 Å². The Kier molecular flexibility index (Phi) is 25.4. The van der Waals surface area contributed by atoms with Crippen molar-refractivity contribution >= 4 is 24.1 Å². The maximum absolute atomic E-state index is 14.8. The number of ketones is 1. The second-order valence-electron chi connectivity index (χ2n) is 24.6. The van der Waals surface area contributed by atoms with E-state index in [1.165, 1.54) is 0 Å². The first-order valence-corrected chi connectivity index (χ1v) is 32.2. The highest BCUT2D eigenvalue weighted by Gasteiger charge is 2.56. The molecule has 0 spiro atoms. The third-order valence-corrected chi connectivity index (χ3v) is 18.0. The Hall–Kier alpha value is -7.63. The summed E-state index contributed by atoms with van der Waals surface area (Å²) >= 11 is 0. The van der Waals surface area contributed by atoms with Gasteiger partial charge in [0.2, 0.25) is 0 Å². The molecule has 4 saturated heterocycles. The standard InChI is InChI=1S/C69H84N6O20/c1-40-30-47(31-49(77)41(2)53(85-36-42-18-8-3-9-19-42)34-71-67(82)86-37-43-20-10-4-11-21-43)57(79)63(60(40)93-64-55(50(78)32-48(89-64)33-72-75-70)73-68(83)87-38-44-22-12-5-13-23-44)95-66-59(81)62(54(35-76)92-66)94-65-56(74-69(84)88-39-45-24-14-6-15-25-45)58(80)61-52(91-65)29-28-51(90-61)46-26-16-7-17-27-46/h3-27,40-41,47-48,50-66,76,78-81H,28-39H2,1-2H3,(H,71,82)(H,73,83)(H,74,84)/t40-,41+,47-,48-,50+,51?,52-,53-,54+,55+,56+,57-,58+,59+,60+,61+,62+,63+,64+,65+,66-/m0/s1. The summed E-state index contributed by atoms with van der Waals surface area (Å²) in [4.78, 5) is 58.0. The average Bonchev–Trinajstić information content (AvgIpc) is 1.74. The van der Waals surface area contributed by atoms with E-state index < -0.39 is 153 Å². The predicted octanol–water partition coefficient (Wildman–Crippen LogP) is 6.73. The van der Waals surface area contributed by atoms with E-state index in [2.05, 4.69) is 26.0 Å². The Bertz CT molecular complexity index is 3260. The van der Waals surface area contributed by atoms with Crippen LogP contribution in [0.15, 0.2) is 157 Å². The number of hydrogen-bond donors (Lipinski definition) is 8. The number of rotatable bonds is 27. The molecule has 5 aromatic carbocycles. The summed E-state index contributed by atoms with van der Waals surface area (Å²) in [5, 5.41) is 72.0. The first-order valence-electron chi connectivity index (χ1n) is 32.2. The van der Waals surface area contributed by atoms with Gasteiger partial charge in [-0.3, -0.25) is 4.79 Å². The average molecular weight is 1320 g/mol. The van der Waals surface area contributed by atoms with Crippen LogP contribution >= 0.6 is 0 Å². The maximum atomic E-state index is 14.8. The van der Waals surface area contributed by atoms with Crippen LogP contribution in [-0.4, -0.2) is 173 Å². The molecule has 95 heavy (non-hydrogen) atoms. The summed E-state index contributed by atoms with van der Waals surface area (Å²) in [7, 11) is 0. The van der Waals surface area contributed by atoms with E-state index in [9.17, 15) is 50.2 Å². The van der Waals surface area contributed by atoms with Crippen molar-refractivity contribution in [2.75, 3.05) is 19.7 Å². The van der Waals surface area contributed by atoms with E-state index in [4.69, 9.17) is 52.1 Å². The van der Waals surface area contributed by atoms with Crippen molar-refractivity contribution in [3.8, 4) is 0 Å². The smallest absolute Gasteiger partial charge is 0.407 e. The lowest BCUT2D eigenvalue weighted by atomic mass is 9.73. The molecule has 1 unspecified atom stereocenters. The van der Waals surface area contributed by atoms with E-state index >= 15 is 0 Å². The summed E-state index contributed by atoms with van der Waals surface area (Å²) in [5.41, 5.74) is 13.1. The van der Waals surface area contributed by atoms with E-state index in [1.54, 1.807) is 62.4 Å². The van der Waals surface area contributed by atoms with Gasteiger partial charge in [0.05, 0.1) is 62.5 Å². The number of aliphatic hydroxyl groups is 5. The number of nitrogens with zero attached hydrogens (tertiary/aromatic N) is 3. The predicted molar refractivity (Wildman–Crippen MR) is 336 cm³/mol. The zero-order valence-electron chi connectivity index (χ0n) is 52.7. The highest BCUT2D eigenvalue weighted by atomic mass is 16.8. The van der Waals surface area contributed by atoms with Gasteiger partial charge in [-0.2, -0.15) is 0 Å². The lowest BCUT2D eigenvalue weighted by Gasteiger charge is -2.48. The van der Waals surface area contributed by atoms with Crippen molar-refractivity contribution in [2.45, 2.75) is 183 Å². The number of carbonyl (C=O) groups excluding carboxylic acids is 4. The van der Waals surface area contributed by atoms with Gasteiger partial charge in [0.15, 0.2) is 18.9 Å². The molecule has 0 radical (unpaired) electrons. The number of alkyl carbamates (subject to hydrolysis) is 3. The molecule has 4 aliphatic heterocycles. The van der Waals surface area contributed by atoms with E-state index in [-0.39, 0.29) is 64.6 Å². The fraction of sp³-hybridized carbons (Fsp3) is 0.507. The minimum Gasteiger partial charge on any atom is -0.445 e. The van der Waals surface area contributed by atoms with E-state index in [0.717, 1.165) is 16.7 Å². The zero-order valence-corrected chi connectivity index (χ0v) is 52.7. The van der Waals surface area contributed by atoms with Gasteiger partial charge in [-0.1, -0.05) is 171 Å². The number of fused-ring (bicyclic) bond motifs is 1. The van der Waals surface area contributed by atoms with Gasteiger partial charge in [0.25, 0.3) is 0 Å². The summed E-state index contributed by atoms with van der Waals surface area (Å²) in [5.74, 6) is -2.83. The van der Waals surface area contributed by atoms with Gasteiger partial charge in [0, 0.05) is 30.2 Å². The van der Waals surface area contributed by atoms with Crippen molar-refractivity contribution in [3.63, 3.8) is 0 Å². The van der Waals surface area contributed by atoms with Gasteiger partial charge >= 0.3 is 18.3 Å². The molecule has 21 atom stereocenters. The van der Waals surface area contributed by atoms with Crippen LogP contribution < -0.4 is 16.0 Å². The molecular weight excluding hydrogens is 1230 g/mol. The number of aliphatic hydroxyl groups excluding tert-OH is 5. The van der Waals surface area contributed by atoms with Crippen LogP contribution in [0.3, 0.4) is 0 Å². The Morgan fingerprint density at radius 1 is 0.600 bits per heavy atom. The number of Topliss-reactive ketones (excluding diaryl/α,β-unsaturated/α-hetero) is 1. The molecule has 4 heterocycles. The summed E-state index contributed by atoms with van der Waals surface area (Å²) < 4.78 is 68.6. The van der Waals surface area contributed by atoms with E-state index in [0.29, 0.717) is 24.0 Å². The summed E-state index contributed by atoms with van der Waals surface area (Å²) in [6.45, 7) is 2.12. The van der Waals surface area contributed by atoms with Crippen LogP contribution in [0.1, 0.15) is 79.9 Å². The molecule has 26 heteroatoms. The van der Waals surface area contributed by atoms with Crippen LogP contribution in [0, 0.1) is 17.8 Å². The lowest BCUT2D eigenvalue weighted by molar-refractivity contribution is -0.311. The molecule has 5 fully saturated rings. The van der Waals surface area contributed by atoms with Crippen LogP contribution in [0.5, 0.6) is 0 Å². The molecule has 1 aliphatic carbocycles. The number of nitrogens with one attached hydrogen (secondary N) is 3. The van der Waals surface area contributed by atoms with Gasteiger partial charge in [-0.25, -0.2) is 14.4 Å². The van der Waals surface area contributed by atoms with Crippen molar-refractivity contribution in [1.29, 1.82) is 0 Å². The fourth-order valence-electron chi connectivity index (χ4n) is 12.8. The van der Waals surface area contributed by atoms with Crippen LogP contribution in [0.4, 0.5) is 14.4 Å². The van der Waals surface area contributed by atoms with Gasteiger partial charge in [-0.05, 0) is 64.4 Å². The molecule has 5 aromatic rings. The molecule has 0 bridgehead atoms. The Morgan fingerprint density at radius 2 is 1.13 bits per heavy atom. The quantitative estimate of drug-likeness (QED) is 0.0117. The van der Waals surface area contributed by atoms with Crippen LogP contribution in [-0.2, 0) is 83.3 Å². The van der Waals surface area contributed by atoms with Crippen LogP contribution in [0.2, 0.25) is 0 Å². The molecule has 5 aliphatic rings. The zero-order chi connectivity index (χ0) is 66.8. The monoisotopic (exact) mass is 1320 g/mol. The molecule has 26 nitrogen and oxygen atoms in total. The molecular formula is C69H84N6O20. The number of azide groups is 1. The third-order valence-electron chi connectivity index (χ3n) is 18.0. The highest BCUT2D eigenvalue weighted by Crippen LogP contribution is 2.43. The Labute approximate surface area is 550 Å². The molecule has 10 rings (SSSR count). The summed E-state index contributed by atoms with van der Waals surface area (Å²) in [6.07, 6.45) is -22.9. The number of amides is 3. The Morgan fingerprint density at radius 3 is 1.71 bits per heavy atom. The first-order chi connectivity index (χ1) is 46.1. The second kappa shape index (κ2) is 34.4. The van der Waals surface area contributed by atoms with Crippen molar-refractivity contribution in [3.05, 3.63) is 190 Å². The lowest BCUT2D eigenvalue weighted by Crippen LogP contribution is -2.66. The number of ether oxygens (including phenoxy) is 11. The Balaban J connectivity index is 0.903. The van der Waals surface area contributed by atoms with Crippen molar-refractivity contribution < 1.29 is 96.8 Å². The highest BCUT2D eigenvalue weighted by molar-refractivity contribution is 5.81. The van der Waals surface area contributed by atoms with Crippen molar-refractivity contribution in [1.82, 2.24) is 16.0 Å². The van der Waals surface area contributed by atoms with Gasteiger partial charge in [0.1, 0.15) is 74.3 Å². The van der Waals surface area contributed by atoms with Gasteiger partial charge in [-0.15, -0.1) is 0 Å². The van der Waals surface area contributed by atoms with Crippen LogP contribution in [0.25, 0.3) is 10.4 Å². The fourth-order valence-corrected chi connectivity index (χ4v) is 12.8. The molecule has 510 valence electrons. The van der Waals surface area contributed by atoms with E-state index in [1.807, 2.05) is 103 Å². The number of benzene rings is 5. The summed E-state index contributed by atoms with van der Waals surface area (Å²) in [6, 6.07) is 42.9. The molecule has 1 saturated carbocycles. The SMILES string of the molecule is C[C@H](C(=O)C[C@@H]1C[C@H](C)[C@@H](O[C@H]2O[C@H](CN=[N+]=[N-])C[C@@H](O)[C@H]2NC(=O)OCc2ccccc2)[C@H](O[C@@H]2O[C@H](CO)[C@@H](O[C@H]3O[C@H]4CCC(c5ccccc5)O[C@H]4[C@H](O)[C@H]3NC(=O)OCc3ccccc3)[C@H]2O)[C@H]1O)[C@H](CNC(=O)OCc1ccccc1)OCc1ccccc1. The number of hydrogen-bond acceptors (Lipinski definition) is 21. The molecule has 0 aromatic heterocycles. The second-order valence-corrected chi connectivity index (χ2v) is 24.6. The largest absolute Gasteiger partial charge is 0.445 e. The maximum Gasteiger partial charge on any atom is 0.407 e. The minimum absolute atomic E-state index is 0.000304. The number of carbonyl (C=O) groups is 4. The third kappa shape index (κ3) is 18.9. The first kappa shape index (κ1) is 70.2. The van der Waals surface area contributed by atoms with Crippen molar-refractivity contribution in [2.24, 2.45) is 22.9 Å². The molecule has 3 amide bonds. The van der Waals surface area contributed by atoms with Gasteiger partial charge < -0.3 is 93.6 Å².